The Morgan fingerprint density at radius 2 is 1.75 bits per heavy atom. The second kappa shape index (κ2) is 9.96. The van der Waals surface area contributed by atoms with Gasteiger partial charge in [0.25, 0.3) is 0 Å². The highest BCUT2D eigenvalue weighted by atomic mass is 16.4. The number of carbonyl (C=O) groups is 1. The molecule has 0 aliphatic heterocycles. The molecule has 0 spiro atoms. The largest absolute Gasteiger partial charge is 0.480 e. The van der Waals surface area contributed by atoms with E-state index in [4.69, 9.17) is 0 Å². The van der Waals surface area contributed by atoms with Gasteiger partial charge < -0.3 is 10.4 Å². The summed E-state index contributed by atoms with van der Waals surface area (Å²) in [6.07, 6.45) is 18.6. The van der Waals surface area contributed by atoms with E-state index in [1.165, 1.54) is 77.0 Å². The van der Waals surface area contributed by atoms with Gasteiger partial charge in [-0.3, -0.25) is 4.79 Å². The molecule has 9 atom stereocenters. The molecular formula is C29H51NO2. The minimum atomic E-state index is -0.652. The second-order valence-corrected chi connectivity index (χ2v) is 12.9. The standard InChI is InChI=1S/C29H51NO2/c1-5-6-9-18-30-26(27(31)32)19-20(2)23-13-14-24-22-12-11-21-10-7-8-16-28(21,3)25(22)15-17-29(23,24)4/h20-26,30H,5-19H2,1-4H3,(H,31,32)/t20?,21?,22-,23+,24-,25-,26?,28-,29+/m0/s1. The third kappa shape index (κ3) is 4.41. The number of hydrogen-bond donors (Lipinski definition) is 2. The Hall–Kier alpha value is -0.570. The molecule has 3 heteroatoms. The fraction of sp³-hybridized carbons (Fsp3) is 0.966. The first-order valence-electron chi connectivity index (χ1n) is 14.3. The van der Waals surface area contributed by atoms with Crippen LogP contribution in [0.5, 0.6) is 0 Å². The molecule has 2 N–H and O–H groups in total. The summed E-state index contributed by atoms with van der Waals surface area (Å²) in [5.41, 5.74) is 1.05. The third-order valence-corrected chi connectivity index (χ3v) is 11.4. The van der Waals surface area contributed by atoms with Gasteiger partial charge in [0, 0.05) is 0 Å². The van der Waals surface area contributed by atoms with E-state index in [-0.39, 0.29) is 6.04 Å². The zero-order chi connectivity index (χ0) is 22.9. The maximum absolute atomic E-state index is 12.0. The molecule has 32 heavy (non-hydrogen) atoms. The van der Waals surface area contributed by atoms with Gasteiger partial charge >= 0.3 is 5.97 Å². The van der Waals surface area contributed by atoms with Gasteiger partial charge in [-0.2, -0.15) is 0 Å². The van der Waals surface area contributed by atoms with Crippen LogP contribution in [0, 0.1) is 46.3 Å². The van der Waals surface area contributed by atoms with E-state index < -0.39 is 5.97 Å². The van der Waals surface area contributed by atoms with Crippen molar-refractivity contribution in [3.05, 3.63) is 0 Å². The lowest BCUT2D eigenvalue weighted by Crippen LogP contribution is -2.53. The Morgan fingerprint density at radius 3 is 2.50 bits per heavy atom. The summed E-state index contributed by atoms with van der Waals surface area (Å²) in [5.74, 6) is 4.31. The Bertz CT molecular complexity index is 649. The number of carboxylic acid groups (broad SMARTS) is 1. The smallest absolute Gasteiger partial charge is 0.320 e. The van der Waals surface area contributed by atoms with Gasteiger partial charge in [0.15, 0.2) is 0 Å². The van der Waals surface area contributed by atoms with Crippen LogP contribution >= 0.6 is 0 Å². The normalized spacial score (nSPS) is 43.1. The number of fused-ring (bicyclic) bond motifs is 5. The summed E-state index contributed by atoms with van der Waals surface area (Å²) in [7, 11) is 0. The van der Waals surface area contributed by atoms with Gasteiger partial charge in [0.05, 0.1) is 0 Å². The van der Waals surface area contributed by atoms with E-state index in [1.54, 1.807) is 0 Å². The van der Waals surface area contributed by atoms with Gasteiger partial charge in [-0.05, 0) is 117 Å². The van der Waals surface area contributed by atoms with E-state index in [2.05, 4.69) is 33.0 Å². The predicted molar refractivity (Wildman–Crippen MR) is 133 cm³/mol. The van der Waals surface area contributed by atoms with Gasteiger partial charge in [0.1, 0.15) is 6.04 Å². The maximum atomic E-state index is 12.0. The Kier molecular flexibility index (Phi) is 7.64. The monoisotopic (exact) mass is 445 g/mol. The Balaban J connectivity index is 1.42. The van der Waals surface area contributed by atoms with Crippen LogP contribution in [0.4, 0.5) is 0 Å². The molecule has 0 aromatic carbocycles. The second-order valence-electron chi connectivity index (χ2n) is 12.9. The summed E-state index contributed by atoms with van der Waals surface area (Å²) in [4.78, 5) is 12.0. The lowest BCUT2D eigenvalue weighted by atomic mass is 9.44. The first kappa shape index (κ1) is 24.6. The summed E-state index contributed by atoms with van der Waals surface area (Å²) < 4.78 is 0. The summed E-state index contributed by atoms with van der Waals surface area (Å²) in [6.45, 7) is 10.7. The number of unbranched alkanes of at least 4 members (excludes halogenated alkanes) is 2. The molecule has 4 aliphatic rings. The van der Waals surface area contributed by atoms with E-state index >= 15 is 0 Å². The first-order valence-corrected chi connectivity index (χ1v) is 14.3. The highest BCUT2D eigenvalue weighted by Crippen LogP contribution is 2.68. The van der Waals surface area contributed by atoms with Crippen molar-refractivity contribution in [1.82, 2.24) is 5.32 Å². The molecule has 0 aromatic heterocycles. The fourth-order valence-electron chi connectivity index (χ4n) is 9.73. The molecule has 4 fully saturated rings. The molecular weight excluding hydrogens is 394 g/mol. The first-order chi connectivity index (χ1) is 15.3. The van der Waals surface area contributed by atoms with Crippen molar-refractivity contribution in [2.75, 3.05) is 6.54 Å². The minimum Gasteiger partial charge on any atom is -0.480 e. The lowest BCUT2D eigenvalue weighted by Gasteiger charge is -2.61. The predicted octanol–water partition coefficient (Wildman–Crippen LogP) is 7.29. The van der Waals surface area contributed by atoms with Crippen molar-refractivity contribution < 1.29 is 9.90 Å². The van der Waals surface area contributed by atoms with Crippen molar-refractivity contribution in [3.8, 4) is 0 Å². The Labute approximate surface area is 197 Å². The van der Waals surface area contributed by atoms with Crippen LogP contribution in [-0.4, -0.2) is 23.7 Å². The SMILES string of the molecule is CCCCCNC(CC(C)[C@H]1CC[C@H]2[C@@H]3CCC4CCCC[C@]4(C)[C@H]3CC[C@]12C)C(=O)O. The highest BCUT2D eigenvalue weighted by molar-refractivity contribution is 5.73. The zero-order valence-corrected chi connectivity index (χ0v) is 21.5. The van der Waals surface area contributed by atoms with E-state index in [0.29, 0.717) is 22.7 Å². The number of aliphatic carboxylic acids is 1. The van der Waals surface area contributed by atoms with Crippen molar-refractivity contribution >= 4 is 5.97 Å². The quantitative estimate of drug-likeness (QED) is 0.366. The van der Waals surface area contributed by atoms with Crippen molar-refractivity contribution in [1.29, 1.82) is 0 Å². The highest BCUT2D eigenvalue weighted by Gasteiger charge is 2.60. The molecule has 4 rings (SSSR count). The zero-order valence-electron chi connectivity index (χ0n) is 21.5. The van der Waals surface area contributed by atoms with Crippen LogP contribution in [0.15, 0.2) is 0 Å². The molecule has 0 radical (unpaired) electrons. The number of hydrogen-bond acceptors (Lipinski definition) is 2. The summed E-state index contributed by atoms with van der Waals surface area (Å²) in [5, 5.41) is 13.2. The van der Waals surface area contributed by atoms with Gasteiger partial charge in [-0.25, -0.2) is 0 Å². The molecule has 0 saturated heterocycles. The molecule has 0 bridgehead atoms. The molecule has 184 valence electrons. The fourth-order valence-corrected chi connectivity index (χ4v) is 9.73. The van der Waals surface area contributed by atoms with Gasteiger partial charge in [-0.1, -0.05) is 53.4 Å². The van der Waals surface area contributed by atoms with E-state index in [9.17, 15) is 9.90 Å². The Morgan fingerprint density at radius 1 is 0.969 bits per heavy atom. The number of carboxylic acids is 1. The average molecular weight is 446 g/mol. The third-order valence-electron chi connectivity index (χ3n) is 11.4. The van der Waals surface area contributed by atoms with Crippen LogP contribution in [0.1, 0.15) is 118 Å². The molecule has 4 aliphatic carbocycles. The molecule has 0 amide bonds. The molecule has 0 aromatic rings. The van der Waals surface area contributed by atoms with Gasteiger partial charge in [-0.15, -0.1) is 0 Å². The summed E-state index contributed by atoms with van der Waals surface area (Å²) in [6, 6.07) is -0.377. The van der Waals surface area contributed by atoms with Crippen molar-refractivity contribution in [2.45, 2.75) is 124 Å². The van der Waals surface area contributed by atoms with Crippen LogP contribution in [0.25, 0.3) is 0 Å². The van der Waals surface area contributed by atoms with E-state index in [1.807, 2.05) is 0 Å². The average Bonchev–Trinajstić information content (AvgIpc) is 3.12. The molecule has 0 heterocycles. The number of rotatable bonds is 9. The number of nitrogens with one attached hydrogen (secondary N) is 1. The minimum absolute atomic E-state index is 0.377. The van der Waals surface area contributed by atoms with Crippen LogP contribution in [0.3, 0.4) is 0 Å². The molecule has 3 unspecified atom stereocenters. The maximum Gasteiger partial charge on any atom is 0.320 e. The van der Waals surface area contributed by atoms with Crippen molar-refractivity contribution in [2.24, 2.45) is 46.3 Å². The van der Waals surface area contributed by atoms with Crippen LogP contribution in [0.2, 0.25) is 0 Å². The van der Waals surface area contributed by atoms with Crippen LogP contribution < -0.4 is 5.32 Å². The van der Waals surface area contributed by atoms with Gasteiger partial charge in [0.2, 0.25) is 0 Å². The lowest BCUT2D eigenvalue weighted by molar-refractivity contribution is -0.140. The van der Waals surface area contributed by atoms with E-state index in [0.717, 1.165) is 43.1 Å². The molecule has 3 nitrogen and oxygen atoms in total. The van der Waals surface area contributed by atoms with Crippen molar-refractivity contribution in [3.63, 3.8) is 0 Å². The molecule has 4 saturated carbocycles. The topological polar surface area (TPSA) is 49.3 Å². The summed E-state index contributed by atoms with van der Waals surface area (Å²) >= 11 is 0. The van der Waals surface area contributed by atoms with Crippen LogP contribution in [-0.2, 0) is 4.79 Å².